The number of furan rings is 1. The van der Waals surface area contributed by atoms with Gasteiger partial charge in [-0.2, -0.15) is 0 Å². The van der Waals surface area contributed by atoms with Crippen LogP contribution in [0, 0.1) is 0 Å². The number of rotatable bonds is 12. The molecule has 33 heavy (non-hydrogen) atoms. The lowest BCUT2D eigenvalue weighted by Crippen LogP contribution is -2.33. The van der Waals surface area contributed by atoms with E-state index in [0.29, 0.717) is 36.9 Å². The molecular weight excluding hydrogens is 444 g/mol. The summed E-state index contributed by atoms with van der Waals surface area (Å²) in [6.45, 7) is 1.13. The minimum atomic E-state index is -0.312. The second kappa shape index (κ2) is 12.7. The quantitative estimate of drug-likeness (QED) is 0.390. The van der Waals surface area contributed by atoms with Crippen molar-refractivity contribution in [3.05, 3.63) is 88.8 Å². The molecule has 0 aliphatic rings. The molecule has 0 saturated heterocycles. The summed E-state index contributed by atoms with van der Waals surface area (Å²) in [6.07, 6.45) is 2.16. The fourth-order valence-electron chi connectivity index (χ4n) is 3.24. The van der Waals surface area contributed by atoms with E-state index >= 15 is 0 Å². The van der Waals surface area contributed by atoms with Crippen molar-refractivity contribution < 1.29 is 23.8 Å². The van der Waals surface area contributed by atoms with Crippen LogP contribution in [0.4, 0.5) is 0 Å². The molecule has 0 unspecified atom stereocenters. The van der Waals surface area contributed by atoms with Gasteiger partial charge in [-0.3, -0.25) is 9.59 Å². The Morgan fingerprint density at radius 3 is 2.70 bits per heavy atom. The van der Waals surface area contributed by atoms with E-state index in [1.807, 2.05) is 48.5 Å². The van der Waals surface area contributed by atoms with Gasteiger partial charge in [-0.05, 0) is 42.3 Å². The van der Waals surface area contributed by atoms with Crippen LogP contribution >= 0.6 is 11.6 Å². The van der Waals surface area contributed by atoms with Crippen LogP contribution in [0.2, 0.25) is 5.02 Å². The summed E-state index contributed by atoms with van der Waals surface area (Å²) in [5.74, 6) is 0.497. The number of carbonyl (C=O) groups excluding carboxylic acids is 2. The molecule has 0 saturated carbocycles. The lowest BCUT2D eigenvalue weighted by molar-refractivity contribution is -0.132. The van der Waals surface area contributed by atoms with E-state index in [0.717, 1.165) is 11.1 Å². The zero-order valence-electron chi connectivity index (χ0n) is 18.2. The van der Waals surface area contributed by atoms with Gasteiger partial charge in [0.1, 0.15) is 12.4 Å². The van der Waals surface area contributed by atoms with Crippen molar-refractivity contribution in [3.63, 3.8) is 0 Å². The molecule has 0 fully saturated rings. The number of hydrogen-bond donors (Lipinski definition) is 2. The Labute approximate surface area is 197 Å². The van der Waals surface area contributed by atoms with Crippen LogP contribution < -0.4 is 10.1 Å². The van der Waals surface area contributed by atoms with E-state index in [2.05, 4.69) is 5.32 Å². The first-order valence-corrected chi connectivity index (χ1v) is 11.1. The molecule has 7 nitrogen and oxygen atoms in total. The number of aliphatic hydroxyl groups is 1. The van der Waals surface area contributed by atoms with Gasteiger partial charge in [0.25, 0.3) is 5.91 Å². The largest absolute Gasteiger partial charge is 0.489 e. The van der Waals surface area contributed by atoms with E-state index in [4.69, 9.17) is 20.8 Å². The monoisotopic (exact) mass is 470 g/mol. The van der Waals surface area contributed by atoms with Crippen molar-refractivity contribution in [1.82, 2.24) is 10.2 Å². The smallest absolute Gasteiger partial charge is 0.286 e. The summed E-state index contributed by atoms with van der Waals surface area (Å²) in [5, 5.41) is 12.8. The molecule has 3 aromatic rings. The molecule has 0 spiro atoms. The zero-order valence-corrected chi connectivity index (χ0v) is 19.0. The molecule has 0 aliphatic carbocycles. The second-order valence-corrected chi connectivity index (χ2v) is 7.81. The molecular formula is C25H27ClN2O5. The second-order valence-electron chi connectivity index (χ2n) is 7.40. The summed E-state index contributed by atoms with van der Waals surface area (Å²) in [6, 6.07) is 18.2. The van der Waals surface area contributed by atoms with E-state index in [1.165, 1.54) is 6.26 Å². The third kappa shape index (κ3) is 7.66. The summed E-state index contributed by atoms with van der Waals surface area (Å²) < 4.78 is 10.9. The van der Waals surface area contributed by atoms with Crippen LogP contribution in [0.1, 0.15) is 34.5 Å². The average Bonchev–Trinajstić information content (AvgIpc) is 3.36. The van der Waals surface area contributed by atoms with Crippen LogP contribution in [0.3, 0.4) is 0 Å². The lowest BCUT2D eigenvalue weighted by atomic mass is 10.1. The molecule has 2 N–H and O–H groups in total. The Hall–Kier alpha value is -3.29. The first-order valence-electron chi connectivity index (χ1n) is 10.7. The molecule has 2 aromatic carbocycles. The number of hydrogen-bond acceptors (Lipinski definition) is 5. The normalized spacial score (nSPS) is 10.6. The van der Waals surface area contributed by atoms with Gasteiger partial charge < -0.3 is 24.5 Å². The first-order chi connectivity index (χ1) is 16.1. The number of carbonyl (C=O) groups is 2. The number of halogens is 1. The fraction of sp³-hybridized carbons (Fsp3) is 0.280. The van der Waals surface area contributed by atoms with Gasteiger partial charge >= 0.3 is 0 Å². The van der Waals surface area contributed by atoms with E-state index in [9.17, 15) is 14.7 Å². The van der Waals surface area contributed by atoms with Crippen LogP contribution in [0.15, 0.2) is 71.3 Å². The van der Waals surface area contributed by atoms with Gasteiger partial charge in [-0.1, -0.05) is 41.9 Å². The predicted octanol–water partition coefficient (Wildman–Crippen LogP) is 4.04. The molecule has 1 aromatic heterocycles. The van der Waals surface area contributed by atoms with Crippen LogP contribution in [-0.2, 0) is 17.9 Å². The van der Waals surface area contributed by atoms with Gasteiger partial charge in [0, 0.05) is 36.6 Å². The Morgan fingerprint density at radius 1 is 1.09 bits per heavy atom. The van der Waals surface area contributed by atoms with Crippen LogP contribution in [0.5, 0.6) is 5.75 Å². The van der Waals surface area contributed by atoms with Gasteiger partial charge in [0.15, 0.2) is 5.76 Å². The number of amides is 2. The number of nitrogens with zero attached hydrogens (tertiary/aromatic N) is 1. The number of aliphatic hydroxyl groups excluding tert-OH is 1. The van der Waals surface area contributed by atoms with Crippen molar-refractivity contribution >= 4 is 23.4 Å². The predicted molar refractivity (Wildman–Crippen MR) is 125 cm³/mol. The SMILES string of the molecule is O=C(NCCCC(=O)N(CCO)Cc1cccc(OCc2ccccc2Cl)c1)c1ccco1. The highest BCUT2D eigenvalue weighted by Crippen LogP contribution is 2.20. The van der Waals surface area contributed by atoms with E-state index in [-0.39, 0.29) is 37.1 Å². The van der Waals surface area contributed by atoms with Crippen molar-refractivity contribution in [2.75, 3.05) is 19.7 Å². The van der Waals surface area contributed by atoms with Crippen LogP contribution in [-0.4, -0.2) is 41.5 Å². The summed E-state index contributed by atoms with van der Waals surface area (Å²) in [5.41, 5.74) is 1.78. The molecule has 1 heterocycles. The van der Waals surface area contributed by atoms with E-state index < -0.39 is 0 Å². The molecule has 174 valence electrons. The van der Waals surface area contributed by atoms with Crippen molar-refractivity contribution in [3.8, 4) is 5.75 Å². The number of ether oxygens (including phenoxy) is 1. The summed E-state index contributed by atoms with van der Waals surface area (Å²) in [4.78, 5) is 26.2. The average molecular weight is 471 g/mol. The maximum Gasteiger partial charge on any atom is 0.286 e. The van der Waals surface area contributed by atoms with Crippen molar-refractivity contribution in [1.29, 1.82) is 0 Å². The zero-order chi connectivity index (χ0) is 23.5. The highest BCUT2D eigenvalue weighted by atomic mass is 35.5. The van der Waals surface area contributed by atoms with Crippen molar-refractivity contribution in [2.45, 2.75) is 26.0 Å². The molecule has 0 bridgehead atoms. The van der Waals surface area contributed by atoms with Gasteiger partial charge in [-0.15, -0.1) is 0 Å². The molecule has 8 heteroatoms. The molecule has 0 aliphatic heterocycles. The summed E-state index contributed by atoms with van der Waals surface area (Å²) >= 11 is 6.18. The standard InChI is InChI=1S/C25H27ClN2O5/c26-22-9-2-1-7-20(22)18-33-21-8-3-6-19(16-21)17-28(13-14-29)24(30)11-4-12-27-25(31)23-10-5-15-32-23/h1-3,5-10,15-16,29H,4,11-14,17-18H2,(H,27,31). The topological polar surface area (TPSA) is 92.0 Å². The third-order valence-electron chi connectivity index (χ3n) is 4.94. The Bertz CT molecular complexity index is 1040. The minimum absolute atomic E-state index is 0.0984. The third-order valence-corrected chi connectivity index (χ3v) is 5.31. The fourth-order valence-corrected chi connectivity index (χ4v) is 3.43. The minimum Gasteiger partial charge on any atom is -0.489 e. The lowest BCUT2D eigenvalue weighted by Gasteiger charge is -2.22. The van der Waals surface area contributed by atoms with Gasteiger partial charge in [0.05, 0.1) is 12.9 Å². The molecule has 0 radical (unpaired) electrons. The Kier molecular flexibility index (Phi) is 9.35. The number of benzene rings is 2. The summed E-state index contributed by atoms with van der Waals surface area (Å²) in [7, 11) is 0. The molecule has 0 atom stereocenters. The maximum atomic E-state index is 12.7. The highest BCUT2D eigenvalue weighted by molar-refractivity contribution is 6.31. The van der Waals surface area contributed by atoms with Crippen molar-refractivity contribution in [2.24, 2.45) is 0 Å². The van der Waals surface area contributed by atoms with E-state index in [1.54, 1.807) is 17.0 Å². The van der Waals surface area contributed by atoms with Gasteiger partial charge in [-0.25, -0.2) is 0 Å². The first kappa shape index (κ1) is 24.4. The highest BCUT2D eigenvalue weighted by Gasteiger charge is 2.15. The van der Waals surface area contributed by atoms with Gasteiger partial charge in [0.2, 0.25) is 5.91 Å². The van der Waals surface area contributed by atoms with Crippen LogP contribution in [0.25, 0.3) is 0 Å². The molecule has 3 rings (SSSR count). The Morgan fingerprint density at radius 2 is 1.94 bits per heavy atom. The maximum absolute atomic E-state index is 12.7. The number of nitrogens with one attached hydrogen (secondary N) is 1. The molecule has 2 amide bonds. The Balaban J connectivity index is 1.49.